The van der Waals surface area contributed by atoms with Crippen molar-refractivity contribution in [2.45, 2.75) is 12.8 Å². The number of hydrogen-bond donors (Lipinski definition) is 0. The highest BCUT2D eigenvalue weighted by molar-refractivity contribution is 5.86. The lowest BCUT2D eigenvalue weighted by atomic mass is 10.1. The minimum absolute atomic E-state index is 1.07. The van der Waals surface area contributed by atoms with E-state index < -0.39 is 0 Å². The van der Waals surface area contributed by atoms with Gasteiger partial charge in [0.2, 0.25) is 0 Å². The monoisotopic (exact) mass is 322 g/mol. The van der Waals surface area contributed by atoms with Crippen LogP contribution in [0, 0.1) is 0 Å². The molecule has 1 aliphatic carbocycles. The first-order chi connectivity index (χ1) is 12.4. The molecule has 3 aromatic carbocycles. The topological polar surface area (TPSA) is 17.8 Å². The normalized spacial score (nSPS) is 15.0. The van der Waals surface area contributed by atoms with Crippen molar-refractivity contribution in [1.82, 2.24) is 9.78 Å². The Morgan fingerprint density at radius 2 is 1.60 bits per heavy atom. The highest BCUT2D eigenvalue weighted by Gasteiger charge is 2.22. The van der Waals surface area contributed by atoms with Crippen molar-refractivity contribution < 1.29 is 0 Å². The quantitative estimate of drug-likeness (QED) is 0.475. The molecular weight excluding hydrogens is 304 g/mol. The van der Waals surface area contributed by atoms with Crippen molar-refractivity contribution in [3.05, 3.63) is 95.8 Å². The minimum atomic E-state index is 1.07. The zero-order valence-electron chi connectivity index (χ0n) is 13.9. The molecule has 0 fully saturated rings. The molecule has 2 nitrogen and oxygen atoms in total. The Kier molecular flexibility index (Phi) is 3.27. The second-order valence-electron chi connectivity index (χ2n) is 6.54. The van der Waals surface area contributed by atoms with Gasteiger partial charge in [-0.05, 0) is 58.5 Å². The van der Waals surface area contributed by atoms with Gasteiger partial charge >= 0.3 is 0 Å². The standard InChI is InChI=1S/C23H18N2/c1-2-6-17(7-3-1)14-20-10-11-21-16-24-25(23(20)21)22-13-12-18-8-4-5-9-19(18)15-22/h1-9,12-16H,10-11H2. The van der Waals surface area contributed by atoms with Crippen LogP contribution in [0.2, 0.25) is 0 Å². The van der Waals surface area contributed by atoms with E-state index in [1.807, 2.05) is 6.20 Å². The van der Waals surface area contributed by atoms with Crippen LogP contribution in [0.5, 0.6) is 0 Å². The first-order valence-corrected chi connectivity index (χ1v) is 8.70. The molecule has 0 aliphatic heterocycles. The molecule has 0 atom stereocenters. The zero-order chi connectivity index (χ0) is 16.6. The van der Waals surface area contributed by atoms with Gasteiger partial charge < -0.3 is 0 Å². The summed E-state index contributed by atoms with van der Waals surface area (Å²) >= 11 is 0. The SMILES string of the molecule is C(=C1CCc2cnn(-c3ccc4ccccc4c3)c21)c1ccccc1. The van der Waals surface area contributed by atoms with Crippen molar-refractivity contribution in [1.29, 1.82) is 0 Å². The lowest BCUT2D eigenvalue weighted by molar-refractivity contribution is 0.866. The van der Waals surface area contributed by atoms with Gasteiger partial charge in [-0.15, -0.1) is 0 Å². The molecule has 4 aromatic rings. The number of allylic oxidation sites excluding steroid dienone is 1. The Balaban J connectivity index is 1.64. The highest BCUT2D eigenvalue weighted by atomic mass is 15.3. The van der Waals surface area contributed by atoms with Gasteiger partial charge in [0.25, 0.3) is 0 Å². The van der Waals surface area contributed by atoms with Crippen LogP contribution in [0.4, 0.5) is 0 Å². The summed E-state index contributed by atoms with van der Waals surface area (Å²) in [5.74, 6) is 0. The van der Waals surface area contributed by atoms with Crippen LogP contribution in [0.15, 0.2) is 79.0 Å². The van der Waals surface area contributed by atoms with Gasteiger partial charge in [0, 0.05) is 0 Å². The number of aromatic nitrogens is 2. The third kappa shape index (κ3) is 2.47. The van der Waals surface area contributed by atoms with E-state index >= 15 is 0 Å². The summed E-state index contributed by atoms with van der Waals surface area (Å²) in [5, 5.41) is 7.19. The largest absolute Gasteiger partial charge is 0.233 e. The fraction of sp³-hybridized carbons (Fsp3) is 0.0870. The molecule has 0 radical (unpaired) electrons. The van der Waals surface area contributed by atoms with Gasteiger partial charge in [-0.3, -0.25) is 0 Å². The molecule has 0 spiro atoms. The van der Waals surface area contributed by atoms with Crippen molar-refractivity contribution >= 4 is 22.4 Å². The van der Waals surface area contributed by atoms with Crippen LogP contribution >= 0.6 is 0 Å². The third-order valence-electron chi connectivity index (χ3n) is 4.93. The summed E-state index contributed by atoms with van der Waals surface area (Å²) in [4.78, 5) is 0. The van der Waals surface area contributed by atoms with Gasteiger partial charge in [-0.2, -0.15) is 5.10 Å². The van der Waals surface area contributed by atoms with Gasteiger partial charge in [0.15, 0.2) is 0 Å². The summed E-state index contributed by atoms with van der Waals surface area (Å²) in [6.45, 7) is 0. The van der Waals surface area contributed by atoms with E-state index in [1.54, 1.807) is 0 Å². The minimum Gasteiger partial charge on any atom is -0.233 e. The molecule has 2 heteroatoms. The van der Waals surface area contributed by atoms with Crippen LogP contribution in [0.1, 0.15) is 23.2 Å². The summed E-state index contributed by atoms with van der Waals surface area (Å²) in [6, 6.07) is 25.6. The van der Waals surface area contributed by atoms with E-state index in [-0.39, 0.29) is 0 Å². The Bertz CT molecular complexity index is 1090. The van der Waals surface area contributed by atoms with Crippen LogP contribution < -0.4 is 0 Å². The van der Waals surface area contributed by atoms with Crippen molar-refractivity contribution in [3.63, 3.8) is 0 Å². The van der Waals surface area contributed by atoms with E-state index in [9.17, 15) is 0 Å². The fourth-order valence-corrected chi connectivity index (χ4v) is 3.69. The Morgan fingerprint density at radius 1 is 0.800 bits per heavy atom. The van der Waals surface area contributed by atoms with Crippen LogP contribution in [0.3, 0.4) is 0 Å². The molecular formula is C23H18N2. The van der Waals surface area contributed by atoms with Gasteiger partial charge in [-0.25, -0.2) is 4.68 Å². The van der Waals surface area contributed by atoms with E-state index in [4.69, 9.17) is 0 Å². The molecule has 25 heavy (non-hydrogen) atoms. The number of nitrogens with zero attached hydrogens (tertiary/aromatic N) is 2. The number of fused-ring (bicyclic) bond motifs is 2. The van der Waals surface area contributed by atoms with Crippen molar-refractivity contribution in [2.75, 3.05) is 0 Å². The van der Waals surface area contributed by atoms with Gasteiger partial charge in [0.1, 0.15) is 0 Å². The van der Waals surface area contributed by atoms with Gasteiger partial charge in [-0.1, -0.05) is 60.7 Å². The summed E-state index contributed by atoms with van der Waals surface area (Å²) in [5.41, 5.74) is 6.35. The first-order valence-electron chi connectivity index (χ1n) is 8.70. The molecule has 0 saturated carbocycles. The molecule has 1 aromatic heterocycles. The molecule has 1 aliphatic rings. The lowest BCUT2D eigenvalue weighted by Crippen LogP contribution is -2.00. The Morgan fingerprint density at radius 3 is 2.48 bits per heavy atom. The van der Waals surface area contributed by atoms with Crippen LogP contribution in [0.25, 0.3) is 28.1 Å². The molecule has 5 rings (SSSR count). The maximum Gasteiger partial charge on any atom is 0.0733 e. The zero-order valence-corrected chi connectivity index (χ0v) is 13.9. The molecule has 0 N–H and O–H groups in total. The second kappa shape index (κ2) is 5.75. The van der Waals surface area contributed by atoms with E-state index in [0.717, 1.165) is 18.5 Å². The van der Waals surface area contributed by atoms with Crippen molar-refractivity contribution in [3.8, 4) is 5.69 Å². The molecule has 0 unspecified atom stereocenters. The number of rotatable bonds is 2. The number of hydrogen-bond acceptors (Lipinski definition) is 1. The predicted octanol–water partition coefficient (Wildman–Crippen LogP) is 5.51. The Labute approximate surface area is 147 Å². The Hall–Kier alpha value is -3.13. The molecule has 0 bridgehead atoms. The highest BCUT2D eigenvalue weighted by Crippen LogP contribution is 2.35. The van der Waals surface area contributed by atoms with Crippen LogP contribution in [-0.4, -0.2) is 9.78 Å². The number of benzene rings is 3. The van der Waals surface area contributed by atoms with Gasteiger partial charge in [0.05, 0.1) is 17.6 Å². The summed E-state index contributed by atoms with van der Waals surface area (Å²) < 4.78 is 2.10. The first kappa shape index (κ1) is 14.2. The second-order valence-corrected chi connectivity index (χ2v) is 6.54. The van der Waals surface area contributed by atoms with E-state index in [0.29, 0.717) is 0 Å². The van der Waals surface area contributed by atoms with Crippen molar-refractivity contribution in [2.24, 2.45) is 0 Å². The average molecular weight is 322 g/mol. The summed E-state index contributed by atoms with van der Waals surface area (Å²) in [6.07, 6.45) is 6.47. The average Bonchev–Trinajstić information content (AvgIpc) is 3.25. The predicted molar refractivity (Wildman–Crippen MR) is 104 cm³/mol. The number of aryl methyl sites for hydroxylation is 1. The maximum atomic E-state index is 4.68. The van der Waals surface area contributed by atoms with E-state index in [2.05, 4.69) is 88.7 Å². The molecule has 1 heterocycles. The maximum absolute atomic E-state index is 4.68. The third-order valence-corrected chi connectivity index (χ3v) is 4.93. The molecule has 0 amide bonds. The smallest absolute Gasteiger partial charge is 0.0733 e. The fourth-order valence-electron chi connectivity index (χ4n) is 3.69. The molecule has 120 valence electrons. The summed E-state index contributed by atoms with van der Waals surface area (Å²) in [7, 11) is 0. The molecule has 0 saturated heterocycles. The lowest BCUT2D eigenvalue weighted by Gasteiger charge is -2.09. The van der Waals surface area contributed by atoms with E-state index in [1.165, 1.54) is 33.2 Å². The van der Waals surface area contributed by atoms with Crippen LogP contribution in [-0.2, 0) is 6.42 Å².